The number of benzene rings is 1. The van der Waals surface area contributed by atoms with Crippen LogP contribution in [0.25, 0.3) is 0 Å². The molecule has 1 saturated heterocycles. The molecule has 3 rings (SSSR count). The molecule has 7 heteroatoms. The van der Waals surface area contributed by atoms with Gasteiger partial charge < -0.3 is 10.1 Å². The fourth-order valence-electron chi connectivity index (χ4n) is 3.80. The van der Waals surface area contributed by atoms with Gasteiger partial charge in [0.1, 0.15) is 6.04 Å². The third-order valence-corrected chi connectivity index (χ3v) is 5.59. The number of fused-ring (bicyclic) bond motifs is 1. The van der Waals surface area contributed by atoms with Crippen LogP contribution in [0.2, 0.25) is 0 Å². The van der Waals surface area contributed by atoms with Gasteiger partial charge in [0.15, 0.2) is 6.10 Å². The Balaban J connectivity index is 1.58. The fourth-order valence-corrected chi connectivity index (χ4v) is 3.80. The minimum atomic E-state index is -1.07. The number of nitrogens with one attached hydrogen (secondary N) is 1. The number of nitrogens with zero attached hydrogens (tertiary/aromatic N) is 1. The predicted molar refractivity (Wildman–Crippen MR) is 105 cm³/mol. The number of carbonyl (C=O) groups excluding carboxylic acids is 4. The Morgan fingerprint density at radius 2 is 1.55 bits per heavy atom. The molecule has 0 bridgehead atoms. The molecule has 154 valence electrons. The molecule has 29 heavy (non-hydrogen) atoms. The molecule has 7 nitrogen and oxygen atoms in total. The predicted octanol–water partition coefficient (Wildman–Crippen LogP) is 2.14. The lowest BCUT2D eigenvalue weighted by molar-refractivity contribution is -0.164. The molecule has 3 amide bonds. The van der Waals surface area contributed by atoms with E-state index in [1.165, 1.54) is 13.8 Å². The summed E-state index contributed by atoms with van der Waals surface area (Å²) in [4.78, 5) is 51.1. The first kappa shape index (κ1) is 20.8. The molecule has 1 fully saturated rings. The van der Waals surface area contributed by atoms with Crippen LogP contribution in [-0.2, 0) is 23.9 Å². The van der Waals surface area contributed by atoms with Crippen molar-refractivity contribution in [2.75, 3.05) is 0 Å². The van der Waals surface area contributed by atoms with Gasteiger partial charge in [0, 0.05) is 0 Å². The first-order chi connectivity index (χ1) is 13.8. The van der Waals surface area contributed by atoms with E-state index in [9.17, 15) is 19.2 Å². The van der Waals surface area contributed by atoms with Gasteiger partial charge in [-0.1, -0.05) is 42.5 Å². The number of carbonyl (C=O) groups is 4. The number of likely N-dealkylation sites (tertiary alicyclic amines) is 1. The molecule has 1 N–H and O–H groups in total. The maximum absolute atomic E-state index is 12.6. The molecule has 0 spiro atoms. The molecule has 1 heterocycles. The van der Waals surface area contributed by atoms with Gasteiger partial charge in [-0.05, 0) is 39.2 Å². The Hall–Kier alpha value is -2.96. The minimum absolute atomic E-state index is 0.250. The van der Waals surface area contributed by atoms with Crippen LogP contribution in [0.15, 0.2) is 42.5 Å². The summed E-state index contributed by atoms with van der Waals surface area (Å²) in [6.45, 7) is 4.76. The van der Waals surface area contributed by atoms with E-state index in [1.54, 1.807) is 0 Å². The van der Waals surface area contributed by atoms with Crippen molar-refractivity contribution in [3.05, 3.63) is 48.0 Å². The highest BCUT2D eigenvalue weighted by Crippen LogP contribution is 2.36. The first-order valence-electron chi connectivity index (χ1n) is 9.89. The van der Waals surface area contributed by atoms with Gasteiger partial charge in [0.25, 0.3) is 5.91 Å². The number of esters is 1. The van der Waals surface area contributed by atoms with Crippen molar-refractivity contribution < 1.29 is 23.9 Å². The summed E-state index contributed by atoms with van der Waals surface area (Å²) in [6.07, 6.45) is 3.74. The molecule has 0 aromatic heterocycles. The molecule has 0 unspecified atom stereocenters. The van der Waals surface area contributed by atoms with Crippen molar-refractivity contribution in [3.8, 4) is 0 Å². The summed E-state index contributed by atoms with van der Waals surface area (Å²) in [5.41, 5.74) is 0.928. The normalized spacial score (nSPS) is 23.9. The number of rotatable bonds is 6. The van der Waals surface area contributed by atoms with E-state index in [-0.39, 0.29) is 17.9 Å². The monoisotopic (exact) mass is 398 g/mol. The summed E-state index contributed by atoms with van der Waals surface area (Å²) in [5.74, 6) is -2.72. The molecular formula is C22H26N2O5. The van der Waals surface area contributed by atoms with E-state index in [1.807, 2.05) is 49.4 Å². The number of ether oxygens (including phenoxy) is 1. The van der Waals surface area contributed by atoms with Gasteiger partial charge in [-0.15, -0.1) is 0 Å². The standard InChI is InChI=1S/C22H26N2O5/c1-13(16-9-5-4-6-10-16)23-19(25)15(3)29-22(28)14(2)24-20(26)17-11-7-8-12-18(17)21(24)27/h4-10,13-15,17-18H,11-12H2,1-3H3,(H,23,25)/t13-,14+,15+,17-,18-/m1/s1. The van der Waals surface area contributed by atoms with Crippen LogP contribution >= 0.6 is 0 Å². The zero-order chi connectivity index (χ0) is 21.1. The first-order valence-corrected chi connectivity index (χ1v) is 9.89. The number of imide groups is 1. The summed E-state index contributed by atoms with van der Waals surface area (Å²) < 4.78 is 5.26. The lowest BCUT2D eigenvalue weighted by Gasteiger charge is -2.24. The number of hydrogen-bond donors (Lipinski definition) is 1. The number of amides is 3. The van der Waals surface area contributed by atoms with E-state index >= 15 is 0 Å². The van der Waals surface area contributed by atoms with Crippen LogP contribution < -0.4 is 5.32 Å². The Labute approximate surface area is 170 Å². The molecule has 1 aliphatic carbocycles. The Bertz CT molecular complexity index is 809. The Kier molecular flexibility index (Phi) is 6.15. The molecule has 1 aromatic rings. The maximum Gasteiger partial charge on any atom is 0.329 e. The highest BCUT2D eigenvalue weighted by atomic mass is 16.5. The number of hydrogen-bond acceptors (Lipinski definition) is 5. The fraction of sp³-hybridized carbons (Fsp3) is 0.455. The second-order valence-corrected chi connectivity index (χ2v) is 7.60. The van der Waals surface area contributed by atoms with Crippen LogP contribution in [0.5, 0.6) is 0 Å². The summed E-state index contributed by atoms with van der Waals surface area (Å²) in [5, 5.41) is 2.80. The largest absolute Gasteiger partial charge is 0.451 e. The summed E-state index contributed by atoms with van der Waals surface area (Å²) >= 11 is 0. The van der Waals surface area contributed by atoms with Crippen molar-refractivity contribution in [1.82, 2.24) is 10.2 Å². The van der Waals surface area contributed by atoms with Crippen molar-refractivity contribution in [2.24, 2.45) is 11.8 Å². The van der Waals surface area contributed by atoms with E-state index < -0.39 is 35.9 Å². The van der Waals surface area contributed by atoms with Crippen molar-refractivity contribution in [2.45, 2.75) is 51.8 Å². The second-order valence-electron chi connectivity index (χ2n) is 7.60. The van der Waals surface area contributed by atoms with Gasteiger partial charge in [0.05, 0.1) is 17.9 Å². The van der Waals surface area contributed by atoms with E-state index in [0.717, 1.165) is 10.5 Å². The third-order valence-electron chi connectivity index (χ3n) is 5.59. The smallest absolute Gasteiger partial charge is 0.329 e. The summed E-state index contributed by atoms with van der Waals surface area (Å²) in [7, 11) is 0. The highest BCUT2D eigenvalue weighted by molar-refractivity contribution is 6.08. The molecule has 0 saturated carbocycles. The van der Waals surface area contributed by atoms with E-state index in [0.29, 0.717) is 12.8 Å². The SMILES string of the molecule is C[C@H](OC(=O)[C@H](C)N1C(=O)[C@@H]2CC=CC[C@H]2C1=O)C(=O)N[C@H](C)c1ccccc1. The Morgan fingerprint density at radius 3 is 2.10 bits per heavy atom. The van der Waals surface area contributed by atoms with Gasteiger partial charge in [-0.25, -0.2) is 4.79 Å². The van der Waals surface area contributed by atoms with Gasteiger partial charge in [-0.3, -0.25) is 19.3 Å². The van der Waals surface area contributed by atoms with Crippen LogP contribution in [-0.4, -0.2) is 40.7 Å². The Morgan fingerprint density at radius 1 is 1.00 bits per heavy atom. The molecule has 1 aromatic carbocycles. The van der Waals surface area contributed by atoms with Crippen molar-refractivity contribution in [3.63, 3.8) is 0 Å². The number of allylic oxidation sites excluding steroid dienone is 2. The van der Waals surface area contributed by atoms with Gasteiger partial charge in [-0.2, -0.15) is 0 Å². The lowest BCUT2D eigenvalue weighted by Crippen LogP contribution is -2.46. The van der Waals surface area contributed by atoms with E-state index in [2.05, 4.69) is 5.32 Å². The van der Waals surface area contributed by atoms with Gasteiger partial charge in [0.2, 0.25) is 11.8 Å². The lowest BCUT2D eigenvalue weighted by atomic mass is 9.85. The van der Waals surface area contributed by atoms with Crippen molar-refractivity contribution >= 4 is 23.7 Å². The molecular weight excluding hydrogens is 372 g/mol. The minimum Gasteiger partial charge on any atom is -0.451 e. The molecule has 0 radical (unpaired) electrons. The molecule has 5 atom stereocenters. The maximum atomic E-state index is 12.6. The van der Waals surface area contributed by atoms with Crippen LogP contribution in [0.3, 0.4) is 0 Å². The zero-order valence-electron chi connectivity index (χ0n) is 16.8. The van der Waals surface area contributed by atoms with Gasteiger partial charge >= 0.3 is 5.97 Å². The average Bonchev–Trinajstić information content (AvgIpc) is 2.98. The topological polar surface area (TPSA) is 92.8 Å². The van der Waals surface area contributed by atoms with Crippen LogP contribution in [0.4, 0.5) is 0 Å². The van der Waals surface area contributed by atoms with Crippen LogP contribution in [0, 0.1) is 11.8 Å². The van der Waals surface area contributed by atoms with Crippen LogP contribution in [0.1, 0.15) is 45.2 Å². The zero-order valence-corrected chi connectivity index (χ0v) is 16.8. The summed E-state index contributed by atoms with van der Waals surface area (Å²) in [6, 6.07) is 8.10. The second kappa shape index (κ2) is 8.59. The average molecular weight is 398 g/mol. The molecule has 2 aliphatic rings. The van der Waals surface area contributed by atoms with E-state index in [4.69, 9.17) is 4.74 Å². The third kappa shape index (κ3) is 4.23. The quantitative estimate of drug-likeness (QED) is 0.450. The molecule has 1 aliphatic heterocycles. The van der Waals surface area contributed by atoms with Crippen molar-refractivity contribution in [1.29, 1.82) is 0 Å². The highest BCUT2D eigenvalue weighted by Gasteiger charge is 2.50.